The number of rotatable bonds is 1. The lowest BCUT2D eigenvalue weighted by Gasteiger charge is -2.04. The lowest BCUT2D eigenvalue weighted by Crippen LogP contribution is -2.40. The van der Waals surface area contributed by atoms with Gasteiger partial charge in [-0.3, -0.25) is 20.4 Å². The number of aryl methyl sites for hydroxylation is 1. The van der Waals surface area contributed by atoms with E-state index < -0.39 is 0 Å². The van der Waals surface area contributed by atoms with Gasteiger partial charge in [0.05, 0.1) is 0 Å². The summed E-state index contributed by atoms with van der Waals surface area (Å²) in [5.41, 5.74) is 6.10. The molecule has 0 aromatic heterocycles. The van der Waals surface area contributed by atoms with Crippen molar-refractivity contribution in [3.05, 3.63) is 35.4 Å². The van der Waals surface area contributed by atoms with Gasteiger partial charge in [-0.15, -0.1) is 0 Å². The summed E-state index contributed by atoms with van der Waals surface area (Å²) in [6.45, 7) is 3.27. The maximum atomic E-state index is 11.3. The molecule has 1 rings (SSSR count). The van der Waals surface area contributed by atoms with Crippen LogP contribution in [0.3, 0.4) is 0 Å². The summed E-state index contributed by atoms with van der Waals surface area (Å²) >= 11 is 0. The first kappa shape index (κ1) is 10.2. The number of hydrogen-bond donors (Lipinski definition) is 2. The lowest BCUT2D eigenvalue weighted by atomic mass is 10.1. The third kappa shape index (κ3) is 2.90. The summed E-state index contributed by atoms with van der Waals surface area (Å²) in [5, 5.41) is 0. The second-order valence-corrected chi connectivity index (χ2v) is 3.00. The fourth-order valence-electron chi connectivity index (χ4n) is 0.922. The molecule has 1 aromatic rings. The maximum absolute atomic E-state index is 11.3. The van der Waals surface area contributed by atoms with E-state index in [1.807, 2.05) is 19.1 Å². The van der Waals surface area contributed by atoms with E-state index >= 15 is 0 Å². The Bertz CT molecular complexity index is 344. The van der Waals surface area contributed by atoms with Crippen LogP contribution in [0.1, 0.15) is 22.8 Å². The highest BCUT2D eigenvalue weighted by molar-refractivity contribution is 5.95. The van der Waals surface area contributed by atoms with E-state index in [2.05, 4.69) is 10.9 Å². The second kappa shape index (κ2) is 4.41. The summed E-state index contributed by atoms with van der Waals surface area (Å²) in [4.78, 5) is 21.8. The van der Waals surface area contributed by atoms with Gasteiger partial charge < -0.3 is 0 Å². The Kier molecular flexibility index (Phi) is 3.23. The second-order valence-electron chi connectivity index (χ2n) is 3.00. The van der Waals surface area contributed by atoms with Crippen molar-refractivity contribution in [3.63, 3.8) is 0 Å². The molecule has 0 fully saturated rings. The molecule has 74 valence electrons. The number of amides is 2. The van der Waals surface area contributed by atoms with Gasteiger partial charge in [-0.25, -0.2) is 0 Å². The minimum absolute atomic E-state index is 0.300. The predicted molar refractivity (Wildman–Crippen MR) is 52.5 cm³/mol. The molecule has 0 saturated heterocycles. The van der Waals surface area contributed by atoms with Crippen LogP contribution < -0.4 is 10.9 Å². The van der Waals surface area contributed by atoms with E-state index in [9.17, 15) is 9.59 Å². The van der Waals surface area contributed by atoms with Crippen LogP contribution in [-0.2, 0) is 4.79 Å². The Balaban J connectivity index is 2.61. The molecule has 1 aromatic carbocycles. The Morgan fingerprint density at radius 1 is 1.07 bits per heavy atom. The molecular formula is C10H12N2O2. The van der Waals surface area contributed by atoms with Gasteiger partial charge in [-0.1, -0.05) is 17.7 Å². The molecule has 2 amide bonds. The van der Waals surface area contributed by atoms with Crippen molar-refractivity contribution in [3.8, 4) is 0 Å². The molecule has 0 spiro atoms. The molecule has 2 N–H and O–H groups in total. The van der Waals surface area contributed by atoms with Crippen LogP contribution in [0.2, 0.25) is 0 Å². The molecule has 0 saturated carbocycles. The summed E-state index contributed by atoms with van der Waals surface area (Å²) in [6.07, 6.45) is 0. The topological polar surface area (TPSA) is 58.2 Å². The molecule has 0 atom stereocenters. The number of hydrogen-bond acceptors (Lipinski definition) is 2. The van der Waals surface area contributed by atoms with Crippen LogP contribution in [0.5, 0.6) is 0 Å². The normalized spacial score (nSPS) is 9.29. The molecule has 0 aliphatic carbocycles. The van der Waals surface area contributed by atoms with Crippen molar-refractivity contribution in [1.29, 1.82) is 0 Å². The highest BCUT2D eigenvalue weighted by Gasteiger charge is 2.03. The van der Waals surface area contributed by atoms with Gasteiger partial charge in [-0.05, 0) is 19.1 Å². The van der Waals surface area contributed by atoms with Crippen LogP contribution in [-0.4, -0.2) is 11.8 Å². The van der Waals surface area contributed by atoms with Gasteiger partial charge in [0.2, 0.25) is 5.91 Å². The highest BCUT2D eigenvalue weighted by atomic mass is 16.2. The van der Waals surface area contributed by atoms with E-state index in [0.717, 1.165) is 5.56 Å². The Labute approximate surface area is 82.3 Å². The fourth-order valence-corrected chi connectivity index (χ4v) is 0.922. The van der Waals surface area contributed by atoms with E-state index in [0.29, 0.717) is 5.56 Å². The first-order valence-electron chi connectivity index (χ1n) is 4.23. The largest absolute Gasteiger partial charge is 0.274 e. The standard InChI is InChI=1S/C10H12N2O2/c1-7-3-5-9(6-4-7)10(14)12-11-8(2)13/h3-6H,1-2H3,(H,11,13)(H,12,14). The van der Waals surface area contributed by atoms with Crippen LogP contribution in [0, 0.1) is 6.92 Å². The predicted octanol–water partition coefficient (Wildman–Crippen LogP) is 0.776. The molecular weight excluding hydrogens is 180 g/mol. The smallest absolute Gasteiger partial charge is 0.269 e. The van der Waals surface area contributed by atoms with Gasteiger partial charge in [-0.2, -0.15) is 0 Å². The van der Waals surface area contributed by atoms with Gasteiger partial charge >= 0.3 is 0 Å². The van der Waals surface area contributed by atoms with Crippen molar-refractivity contribution < 1.29 is 9.59 Å². The highest BCUT2D eigenvalue weighted by Crippen LogP contribution is 2.01. The van der Waals surface area contributed by atoms with Gasteiger partial charge in [0, 0.05) is 12.5 Å². The zero-order valence-corrected chi connectivity index (χ0v) is 8.13. The zero-order valence-electron chi connectivity index (χ0n) is 8.13. The van der Waals surface area contributed by atoms with E-state index in [1.54, 1.807) is 12.1 Å². The number of carbonyl (C=O) groups excluding carboxylic acids is 2. The molecule has 14 heavy (non-hydrogen) atoms. The minimum Gasteiger partial charge on any atom is -0.274 e. The average Bonchev–Trinajstić information content (AvgIpc) is 2.15. The van der Waals surface area contributed by atoms with Crippen molar-refractivity contribution in [2.24, 2.45) is 0 Å². The Hall–Kier alpha value is -1.84. The number of carbonyl (C=O) groups is 2. The first-order valence-corrected chi connectivity index (χ1v) is 4.23. The molecule has 0 bridgehead atoms. The average molecular weight is 192 g/mol. The summed E-state index contributed by atoms with van der Waals surface area (Å²) in [5.74, 6) is -0.620. The molecule has 4 nitrogen and oxygen atoms in total. The number of hydrazine groups is 1. The fraction of sp³-hybridized carbons (Fsp3) is 0.200. The summed E-state index contributed by atoms with van der Waals surface area (Å²) in [6, 6.07) is 7.07. The molecule has 0 unspecified atom stereocenters. The molecule has 4 heteroatoms. The summed E-state index contributed by atoms with van der Waals surface area (Å²) < 4.78 is 0. The molecule has 0 aliphatic rings. The lowest BCUT2D eigenvalue weighted by molar-refractivity contribution is -0.119. The Morgan fingerprint density at radius 3 is 2.14 bits per heavy atom. The van der Waals surface area contributed by atoms with Crippen molar-refractivity contribution in [2.45, 2.75) is 13.8 Å². The SMILES string of the molecule is CC(=O)NNC(=O)c1ccc(C)cc1. The van der Waals surface area contributed by atoms with Crippen LogP contribution >= 0.6 is 0 Å². The third-order valence-electron chi connectivity index (χ3n) is 1.67. The third-order valence-corrected chi connectivity index (χ3v) is 1.67. The first-order chi connectivity index (χ1) is 6.59. The van der Waals surface area contributed by atoms with E-state index in [4.69, 9.17) is 0 Å². The Morgan fingerprint density at radius 2 is 1.64 bits per heavy atom. The van der Waals surface area contributed by atoms with Gasteiger partial charge in [0.1, 0.15) is 0 Å². The monoisotopic (exact) mass is 192 g/mol. The van der Waals surface area contributed by atoms with Crippen LogP contribution in [0.25, 0.3) is 0 Å². The van der Waals surface area contributed by atoms with Gasteiger partial charge in [0.15, 0.2) is 0 Å². The van der Waals surface area contributed by atoms with Crippen LogP contribution in [0.15, 0.2) is 24.3 Å². The zero-order chi connectivity index (χ0) is 10.6. The molecule has 0 heterocycles. The van der Waals surface area contributed by atoms with Crippen molar-refractivity contribution in [2.75, 3.05) is 0 Å². The van der Waals surface area contributed by atoms with Crippen molar-refractivity contribution >= 4 is 11.8 Å². The number of nitrogens with one attached hydrogen (secondary N) is 2. The minimum atomic E-state index is -0.319. The van der Waals surface area contributed by atoms with Gasteiger partial charge in [0.25, 0.3) is 5.91 Å². The van der Waals surface area contributed by atoms with Crippen LogP contribution in [0.4, 0.5) is 0 Å². The van der Waals surface area contributed by atoms with E-state index in [1.165, 1.54) is 6.92 Å². The van der Waals surface area contributed by atoms with Crippen molar-refractivity contribution in [1.82, 2.24) is 10.9 Å². The molecule has 0 aliphatic heterocycles. The quantitative estimate of drug-likeness (QED) is 0.646. The summed E-state index contributed by atoms with van der Waals surface area (Å²) in [7, 11) is 0. The number of benzene rings is 1. The van der Waals surface area contributed by atoms with E-state index in [-0.39, 0.29) is 11.8 Å². The molecule has 0 radical (unpaired) electrons. The maximum Gasteiger partial charge on any atom is 0.269 e.